The number of thioether (sulfide) groups is 1. The van der Waals surface area contributed by atoms with E-state index in [0.717, 1.165) is 6.42 Å². The van der Waals surface area contributed by atoms with Gasteiger partial charge in [-0.1, -0.05) is 6.92 Å². The Hall–Kier alpha value is -0.260. The Morgan fingerprint density at radius 2 is 2.35 bits per heavy atom. The molecule has 0 bridgehead atoms. The molecular formula is C12H18NO3S. The van der Waals surface area contributed by atoms with E-state index < -0.39 is 12.1 Å². The maximum atomic E-state index is 11.8. The Morgan fingerprint density at radius 1 is 1.65 bits per heavy atom. The average Bonchev–Trinajstić information content (AvgIpc) is 2.51. The molecule has 95 valence electrons. The monoisotopic (exact) mass is 256 g/mol. The van der Waals surface area contributed by atoms with Crippen molar-refractivity contribution in [3.05, 3.63) is 6.92 Å². The quantitative estimate of drug-likeness (QED) is 0.579. The van der Waals surface area contributed by atoms with E-state index in [1.165, 1.54) is 0 Å². The van der Waals surface area contributed by atoms with Gasteiger partial charge in [-0.15, -0.1) is 11.8 Å². The summed E-state index contributed by atoms with van der Waals surface area (Å²) < 4.78 is 5.45. The van der Waals surface area contributed by atoms with Crippen LogP contribution in [0.2, 0.25) is 0 Å². The molecule has 0 aromatic rings. The topological polar surface area (TPSA) is 49.8 Å². The number of aliphatic hydroxyl groups excluding tert-OH is 1. The van der Waals surface area contributed by atoms with Gasteiger partial charge < -0.3 is 14.7 Å². The van der Waals surface area contributed by atoms with E-state index in [2.05, 4.69) is 0 Å². The molecule has 0 aromatic carbocycles. The lowest BCUT2D eigenvalue weighted by Crippen LogP contribution is -2.62. The Kier molecular flexibility index (Phi) is 4.00. The third kappa shape index (κ3) is 2.20. The summed E-state index contributed by atoms with van der Waals surface area (Å²) in [7, 11) is 0. The van der Waals surface area contributed by atoms with E-state index in [0.29, 0.717) is 13.2 Å². The van der Waals surface area contributed by atoms with Crippen LogP contribution in [0.4, 0.5) is 0 Å². The van der Waals surface area contributed by atoms with Crippen molar-refractivity contribution in [2.45, 2.75) is 43.0 Å². The predicted molar refractivity (Wildman–Crippen MR) is 65.3 cm³/mol. The molecular weight excluding hydrogens is 238 g/mol. The molecule has 2 heterocycles. The Balaban J connectivity index is 1.92. The van der Waals surface area contributed by atoms with Crippen molar-refractivity contribution in [2.75, 3.05) is 13.2 Å². The van der Waals surface area contributed by atoms with Crippen LogP contribution in [0.3, 0.4) is 0 Å². The maximum Gasteiger partial charge on any atom is 0.232 e. The summed E-state index contributed by atoms with van der Waals surface area (Å²) in [5, 5.41) is 9.51. The summed E-state index contributed by atoms with van der Waals surface area (Å²) in [5.74, 6) is -0.417. The normalized spacial score (nSPS) is 37.9. The van der Waals surface area contributed by atoms with Crippen LogP contribution in [-0.2, 0) is 9.53 Å². The van der Waals surface area contributed by atoms with Crippen LogP contribution in [0.25, 0.3) is 0 Å². The van der Waals surface area contributed by atoms with Crippen molar-refractivity contribution in [1.82, 2.24) is 4.90 Å². The maximum absolute atomic E-state index is 11.8. The van der Waals surface area contributed by atoms with Crippen LogP contribution >= 0.6 is 11.8 Å². The highest BCUT2D eigenvalue weighted by Crippen LogP contribution is 2.48. The minimum absolute atomic E-state index is 0.0132. The Morgan fingerprint density at radius 3 is 2.94 bits per heavy atom. The molecule has 0 saturated carbocycles. The molecule has 2 fully saturated rings. The number of aliphatic hydroxyl groups is 1. The van der Waals surface area contributed by atoms with Crippen LogP contribution in [0.1, 0.15) is 20.3 Å². The predicted octanol–water partition coefficient (Wildman–Crippen LogP) is 0.650. The Bertz CT molecular complexity index is 297. The fourth-order valence-electron chi connectivity index (χ4n) is 2.31. The summed E-state index contributed by atoms with van der Waals surface area (Å²) in [4.78, 5) is 13.3. The second kappa shape index (κ2) is 5.16. The van der Waals surface area contributed by atoms with Gasteiger partial charge in [-0.3, -0.25) is 4.79 Å². The number of carbonyl (C=O) groups is 1. The third-order valence-corrected chi connectivity index (χ3v) is 4.78. The van der Waals surface area contributed by atoms with Crippen LogP contribution in [0, 0.1) is 12.8 Å². The number of hydrogen-bond acceptors (Lipinski definition) is 4. The molecule has 2 unspecified atom stereocenters. The van der Waals surface area contributed by atoms with Crippen molar-refractivity contribution in [3.8, 4) is 0 Å². The molecule has 1 amide bonds. The lowest BCUT2D eigenvalue weighted by atomic mass is 9.91. The number of rotatable bonds is 5. The largest absolute Gasteiger partial charge is 0.392 e. The molecule has 0 aliphatic carbocycles. The molecule has 2 rings (SSSR count). The SMILES string of the molecule is [C]C1C(COCCC)S[C@@H]2[C@@H]([C@@H](C)O)C(=O)N12. The van der Waals surface area contributed by atoms with Crippen molar-refractivity contribution < 1.29 is 14.6 Å². The summed E-state index contributed by atoms with van der Waals surface area (Å²) in [5.41, 5.74) is 0. The van der Waals surface area contributed by atoms with Gasteiger partial charge in [0.2, 0.25) is 5.91 Å². The lowest BCUT2D eigenvalue weighted by Gasteiger charge is -2.45. The van der Waals surface area contributed by atoms with Crippen LogP contribution < -0.4 is 0 Å². The van der Waals surface area contributed by atoms with Crippen molar-refractivity contribution >= 4 is 17.7 Å². The van der Waals surface area contributed by atoms with E-state index in [-0.39, 0.29) is 22.4 Å². The van der Waals surface area contributed by atoms with Gasteiger partial charge in [0.15, 0.2) is 0 Å². The average molecular weight is 256 g/mol. The second-order valence-electron chi connectivity index (χ2n) is 4.60. The van der Waals surface area contributed by atoms with Crippen LogP contribution in [0.15, 0.2) is 0 Å². The fraction of sp³-hybridized carbons (Fsp3) is 0.833. The smallest absolute Gasteiger partial charge is 0.232 e. The highest BCUT2D eigenvalue weighted by Gasteiger charge is 2.58. The van der Waals surface area contributed by atoms with Gasteiger partial charge in [0, 0.05) is 13.5 Å². The first-order valence-electron chi connectivity index (χ1n) is 6.02. The minimum Gasteiger partial charge on any atom is -0.392 e. The molecule has 1 N–H and O–H groups in total. The highest BCUT2D eigenvalue weighted by molar-refractivity contribution is 8.01. The second-order valence-corrected chi connectivity index (χ2v) is 5.96. The molecule has 4 nitrogen and oxygen atoms in total. The van der Waals surface area contributed by atoms with E-state index in [4.69, 9.17) is 11.7 Å². The van der Waals surface area contributed by atoms with E-state index >= 15 is 0 Å². The highest BCUT2D eigenvalue weighted by atomic mass is 32.2. The number of fused-ring (bicyclic) bond motifs is 1. The van der Waals surface area contributed by atoms with E-state index in [1.807, 2.05) is 6.92 Å². The standard InChI is InChI=1S/C12H18NO3S/c1-4-5-16-6-9-7(2)13-11(15)10(8(3)14)12(13)17-9/h7-10,12,14H,4-6H2,1,3H3/t7?,8-,9?,10+,12-/m1/s1. The van der Waals surface area contributed by atoms with Gasteiger partial charge >= 0.3 is 0 Å². The van der Waals surface area contributed by atoms with Gasteiger partial charge in [-0.05, 0) is 13.3 Å². The number of hydrogen-bond donors (Lipinski definition) is 1. The molecule has 17 heavy (non-hydrogen) atoms. The number of ether oxygens (including phenoxy) is 1. The van der Waals surface area contributed by atoms with Crippen molar-refractivity contribution in [1.29, 1.82) is 0 Å². The van der Waals surface area contributed by atoms with Crippen LogP contribution in [-0.4, -0.2) is 51.9 Å². The molecule has 0 aromatic heterocycles. The zero-order chi connectivity index (χ0) is 12.6. The first-order valence-corrected chi connectivity index (χ1v) is 6.96. The third-order valence-electron chi connectivity index (χ3n) is 3.24. The fourth-order valence-corrected chi connectivity index (χ4v) is 4.00. The molecule has 5 atom stereocenters. The number of carbonyl (C=O) groups excluding carboxylic acids is 1. The van der Waals surface area contributed by atoms with Gasteiger partial charge in [0.1, 0.15) is 0 Å². The minimum atomic E-state index is -0.626. The number of amides is 1. The summed E-state index contributed by atoms with van der Waals surface area (Å²) in [6, 6.07) is -0.524. The molecule has 5 heteroatoms. The van der Waals surface area contributed by atoms with Gasteiger partial charge in [-0.25, -0.2) is 0 Å². The molecule has 3 radical (unpaired) electrons. The summed E-state index contributed by atoms with van der Waals surface area (Å²) in [6.07, 6.45) is 0.335. The molecule has 2 saturated heterocycles. The number of β-lactam (4-membered cyclic amide) rings is 1. The van der Waals surface area contributed by atoms with Gasteiger partial charge in [0.05, 0.1) is 35.3 Å². The van der Waals surface area contributed by atoms with Gasteiger partial charge in [0.25, 0.3) is 0 Å². The first-order chi connectivity index (χ1) is 8.07. The van der Waals surface area contributed by atoms with Gasteiger partial charge in [-0.2, -0.15) is 0 Å². The van der Waals surface area contributed by atoms with E-state index in [1.54, 1.807) is 23.6 Å². The van der Waals surface area contributed by atoms with Crippen LogP contribution in [0.5, 0.6) is 0 Å². The first kappa shape index (κ1) is 13.2. The molecule has 2 aliphatic rings. The van der Waals surface area contributed by atoms with Crippen molar-refractivity contribution in [3.63, 3.8) is 0 Å². The van der Waals surface area contributed by atoms with E-state index in [9.17, 15) is 9.90 Å². The lowest BCUT2D eigenvalue weighted by molar-refractivity contribution is -0.157. The zero-order valence-electron chi connectivity index (χ0n) is 10.1. The molecule has 2 aliphatic heterocycles. The zero-order valence-corrected chi connectivity index (χ0v) is 10.9. The Labute approximate surface area is 107 Å². The van der Waals surface area contributed by atoms with Crippen molar-refractivity contribution in [2.24, 2.45) is 5.92 Å². The molecule has 0 spiro atoms. The number of nitrogens with zero attached hydrogens (tertiary/aromatic N) is 1. The summed E-state index contributed by atoms with van der Waals surface area (Å²) >= 11 is 1.59. The summed E-state index contributed by atoms with van der Waals surface area (Å²) in [6.45, 7) is 12.9.